The van der Waals surface area contributed by atoms with E-state index in [1.165, 1.54) is 24.4 Å². The van der Waals surface area contributed by atoms with Gasteiger partial charge in [-0.05, 0) is 19.4 Å². The summed E-state index contributed by atoms with van der Waals surface area (Å²) in [6, 6.07) is 2.44. The number of carbonyl (C=O) groups is 1. The van der Waals surface area contributed by atoms with Gasteiger partial charge in [0.05, 0.1) is 48.8 Å². The largest absolute Gasteiger partial charge is 0.467 e. The summed E-state index contributed by atoms with van der Waals surface area (Å²) in [6.45, 7) is 4.66. The third-order valence-corrected chi connectivity index (χ3v) is 7.16. The normalized spacial score (nSPS) is 15.4. The minimum atomic E-state index is -0.421. The molecule has 13 heteroatoms. The van der Waals surface area contributed by atoms with Crippen molar-refractivity contribution in [2.45, 2.75) is 19.4 Å². The quantitative estimate of drug-likeness (QED) is 0.292. The number of hydrogen-bond donors (Lipinski definition) is 0. The zero-order chi connectivity index (χ0) is 26.5. The van der Waals surface area contributed by atoms with E-state index in [9.17, 15) is 4.79 Å². The van der Waals surface area contributed by atoms with Gasteiger partial charge in [0.2, 0.25) is 11.9 Å². The molecule has 4 aromatic rings. The Bertz CT molecular complexity index is 1380. The molecule has 0 amide bonds. The number of carbonyl (C=O) groups excluding carboxylic acids is 1. The fourth-order valence-corrected chi connectivity index (χ4v) is 4.96. The summed E-state index contributed by atoms with van der Waals surface area (Å²) >= 11 is 1.68. The van der Waals surface area contributed by atoms with Gasteiger partial charge in [-0.1, -0.05) is 0 Å². The molecule has 12 nitrogen and oxygen atoms in total. The Morgan fingerprint density at radius 1 is 1.16 bits per heavy atom. The van der Waals surface area contributed by atoms with Crippen LogP contribution in [0.5, 0.6) is 6.01 Å². The van der Waals surface area contributed by atoms with Crippen LogP contribution in [0.4, 0.5) is 11.9 Å². The van der Waals surface area contributed by atoms with Crippen molar-refractivity contribution in [2.75, 3.05) is 56.8 Å². The van der Waals surface area contributed by atoms with Crippen LogP contribution in [0.15, 0.2) is 37.1 Å². The van der Waals surface area contributed by atoms with Crippen LogP contribution in [-0.4, -0.2) is 82.9 Å². The topological polar surface area (TPSA) is 129 Å². The number of hydrogen-bond acceptors (Lipinski definition) is 13. The molecule has 0 aromatic carbocycles. The molecule has 1 saturated heterocycles. The van der Waals surface area contributed by atoms with Crippen LogP contribution in [-0.2, 0) is 15.9 Å². The summed E-state index contributed by atoms with van der Waals surface area (Å²) in [5, 5.41) is 0. The van der Waals surface area contributed by atoms with Gasteiger partial charge in [-0.25, -0.2) is 34.7 Å². The summed E-state index contributed by atoms with van der Waals surface area (Å²) in [5.74, 6) is 0.803. The number of aromatic nitrogens is 6. The molecular weight excluding hydrogens is 508 g/mol. The fourth-order valence-electron chi connectivity index (χ4n) is 4.00. The van der Waals surface area contributed by atoms with Gasteiger partial charge in [-0.3, -0.25) is 0 Å². The smallest absolute Gasteiger partial charge is 0.341 e. The Labute approximate surface area is 223 Å². The van der Waals surface area contributed by atoms with E-state index >= 15 is 0 Å². The zero-order valence-corrected chi connectivity index (χ0v) is 22.2. The molecule has 0 saturated carbocycles. The van der Waals surface area contributed by atoms with E-state index in [4.69, 9.17) is 19.2 Å². The average Bonchev–Trinajstić information content (AvgIpc) is 3.38. The number of anilines is 2. The molecule has 1 aliphatic heterocycles. The van der Waals surface area contributed by atoms with Gasteiger partial charge in [0, 0.05) is 55.4 Å². The first-order valence-electron chi connectivity index (χ1n) is 12.2. The lowest BCUT2D eigenvalue weighted by atomic mass is 10.1. The monoisotopic (exact) mass is 536 g/mol. The van der Waals surface area contributed by atoms with Gasteiger partial charge in [0.1, 0.15) is 6.10 Å². The molecule has 5 heterocycles. The summed E-state index contributed by atoms with van der Waals surface area (Å²) in [5.41, 5.74) is 2.15. The minimum Gasteiger partial charge on any atom is -0.467 e. The average molecular weight is 537 g/mol. The maximum absolute atomic E-state index is 11.8. The number of methoxy groups -OCH3 is 1. The summed E-state index contributed by atoms with van der Waals surface area (Å²) in [6.07, 6.45) is 8.95. The first-order chi connectivity index (χ1) is 18.5. The fraction of sp³-hybridized carbons (Fsp3) is 0.400. The van der Waals surface area contributed by atoms with Crippen LogP contribution < -0.4 is 14.5 Å². The minimum absolute atomic E-state index is 0.170. The zero-order valence-electron chi connectivity index (χ0n) is 21.4. The van der Waals surface area contributed by atoms with Crippen LogP contribution in [0.25, 0.3) is 10.2 Å². The van der Waals surface area contributed by atoms with Gasteiger partial charge >= 0.3 is 12.0 Å². The number of ether oxygens (including phenoxy) is 3. The van der Waals surface area contributed by atoms with Gasteiger partial charge < -0.3 is 24.0 Å². The molecule has 4 aromatic heterocycles. The molecule has 5 rings (SSSR count). The van der Waals surface area contributed by atoms with Gasteiger partial charge in [0.15, 0.2) is 0 Å². The van der Waals surface area contributed by atoms with Crippen molar-refractivity contribution >= 4 is 39.4 Å². The third-order valence-electron chi connectivity index (χ3n) is 6.05. The van der Waals surface area contributed by atoms with E-state index < -0.39 is 5.97 Å². The van der Waals surface area contributed by atoms with Crippen molar-refractivity contribution in [1.29, 1.82) is 0 Å². The van der Waals surface area contributed by atoms with Gasteiger partial charge in [0.25, 0.3) is 0 Å². The number of esters is 1. The maximum Gasteiger partial charge on any atom is 0.341 e. The summed E-state index contributed by atoms with van der Waals surface area (Å²) in [7, 11) is 3.46. The first-order valence-corrected chi connectivity index (χ1v) is 13.0. The molecule has 0 radical (unpaired) electrons. The van der Waals surface area contributed by atoms with E-state index in [0.717, 1.165) is 22.2 Å². The lowest BCUT2D eigenvalue weighted by Crippen LogP contribution is -2.39. The molecule has 38 heavy (non-hydrogen) atoms. The first kappa shape index (κ1) is 25.7. The molecule has 0 N–H and O–H groups in total. The maximum atomic E-state index is 11.8. The number of nitrogens with zero attached hydrogens (tertiary/aromatic N) is 8. The molecule has 0 spiro atoms. The second-order valence-electron chi connectivity index (χ2n) is 8.60. The molecule has 0 aliphatic carbocycles. The number of likely N-dealkylation sites (N-methyl/N-ethyl adjacent to an activating group) is 1. The molecular formula is C25H28N8O4S. The number of rotatable bonds is 9. The van der Waals surface area contributed by atoms with E-state index in [0.29, 0.717) is 56.3 Å². The SMILES string of the molecule is CCOC(=O)c1cnc(N(C)CCc2cc3nc(N4CCOC(c5cnc(OC)nc5)C4)ncc3s2)nc1. The lowest BCUT2D eigenvalue weighted by Gasteiger charge is -2.32. The summed E-state index contributed by atoms with van der Waals surface area (Å²) in [4.78, 5) is 43.5. The Kier molecular flexibility index (Phi) is 7.84. The third kappa shape index (κ3) is 5.78. The second kappa shape index (κ2) is 11.6. The number of morpholine rings is 1. The van der Waals surface area contributed by atoms with Crippen LogP contribution in [0, 0.1) is 0 Å². The Balaban J connectivity index is 1.21. The molecule has 1 unspecified atom stereocenters. The molecule has 1 atom stereocenters. The number of thiophene rings is 1. The second-order valence-corrected chi connectivity index (χ2v) is 9.77. The van der Waals surface area contributed by atoms with Crippen molar-refractivity contribution in [3.63, 3.8) is 0 Å². The van der Waals surface area contributed by atoms with Crippen molar-refractivity contribution in [2.24, 2.45) is 0 Å². The molecule has 198 valence electrons. The molecule has 1 fully saturated rings. The Morgan fingerprint density at radius 2 is 1.95 bits per heavy atom. The highest BCUT2D eigenvalue weighted by atomic mass is 32.1. The number of fused-ring (bicyclic) bond motifs is 1. The summed E-state index contributed by atoms with van der Waals surface area (Å²) < 4.78 is 17.0. The van der Waals surface area contributed by atoms with Crippen LogP contribution in [0.2, 0.25) is 0 Å². The van der Waals surface area contributed by atoms with E-state index in [1.807, 2.05) is 18.1 Å². The predicted octanol–water partition coefficient (Wildman–Crippen LogP) is 2.71. The lowest BCUT2D eigenvalue weighted by molar-refractivity contribution is 0.0387. The highest BCUT2D eigenvalue weighted by Crippen LogP contribution is 2.28. The Morgan fingerprint density at radius 3 is 2.68 bits per heavy atom. The predicted molar refractivity (Wildman–Crippen MR) is 142 cm³/mol. The van der Waals surface area contributed by atoms with Crippen LogP contribution in [0.3, 0.4) is 0 Å². The standard InChI is InChI=1S/C25H28N8O4S/c1-4-36-22(34)17-12-26-23(27-13-17)32(2)6-5-18-9-19-21(38-18)14-28-24(31-19)33-7-8-37-20(15-33)16-10-29-25(35-3)30-11-16/h9-14,20H,4-8,15H2,1-3H3. The van der Waals surface area contributed by atoms with E-state index in [-0.39, 0.29) is 6.10 Å². The van der Waals surface area contributed by atoms with Gasteiger partial charge in [-0.15, -0.1) is 11.3 Å². The molecule has 0 bridgehead atoms. The highest BCUT2D eigenvalue weighted by molar-refractivity contribution is 7.18. The van der Waals surface area contributed by atoms with E-state index in [2.05, 4.69) is 35.9 Å². The van der Waals surface area contributed by atoms with Crippen molar-refractivity contribution < 1.29 is 19.0 Å². The Hall–Kier alpha value is -3.97. The van der Waals surface area contributed by atoms with Crippen molar-refractivity contribution in [3.05, 3.63) is 53.1 Å². The van der Waals surface area contributed by atoms with Crippen LogP contribution in [0.1, 0.15) is 33.8 Å². The molecule has 1 aliphatic rings. The van der Waals surface area contributed by atoms with E-state index in [1.54, 1.807) is 30.7 Å². The highest BCUT2D eigenvalue weighted by Gasteiger charge is 2.25. The van der Waals surface area contributed by atoms with Crippen molar-refractivity contribution in [1.82, 2.24) is 29.9 Å². The van der Waals surface area contributed by atoms with Crippen LogP contribution >= 0.6 is 11.3 Å². The van der Waals surface area contributed by atoms with Gasteiger partial charge in [-0.2, -0.15) is 0 Å². The van der Waals surface area contributed by atoms with Crippen molar-refractivity contribution in [3.8, 4) is 6.01 Å².